The van der Waals surface area contributed by atoms with Crippen molar-refractivity contribution in [2.45, 2.75) is 58.2 Å². The van der Waals surface area contributed by atoms with Gasteiger partial charge in [-0.3, -0.25) is 4.79 Å². The number of hydrogen-bond acceptors (Lipinski definition) is 3. The van der Waals surface area contributed by atoms with Gasteiger partial charge in [-0.15, -0.1) is 0 Å². The zero-order chi connectivity index (χ0) is 12.3. The number of ether oxygens (including phenoxy) is 1. The van der Waals surface area contributed by atoms with Gasteiger partial charge in [0.05, 0.1) is 0 Å². The first-order valence-electron chi connectivity index (χ1n) is 6.56. The average molecular weight is 236 g/mol. The van der Waals surface area contributed by atoms with Gasteiger partial charge in [0.1, 0.15) is 5.76 Å². The van der Waals surface area contributed by atoms with Crippen LogP contribution in [0.5, 0.6) is 0 Å². The summed E-state index contributed by atoms with van der Waals surface area (Å²) in [5.74, 6) is 0.270. The van der Waals surface area contributed by atoms with E-state index in [0.717, 1.165) is 30.6 Å². The summed E-state index contributed by atoms with van der Waals surface area (Å²) in [6, 6.07) is 0. The molecule has 1 fully saturated rings. The number of allylic oxidation sites excluding steroid dienone is 2. The van der Waals surface area contributed by atoms with Crippen molar-refractivity contribution < 1.29 is 14.6 Å². The Morgan fingerprint density at radius 2 is 2.12 bits per heavy atom. The second-order valence-electron chi connectivity index (χ2n) is 6.62. The Balaban J connectivity index is 2.02. The van der Waals surface area contributed by atoms with Crippen molar-refractivity contribution in [1.82, 2.24) is 0 Å². The molecule has 2 aliphatic carbocycles. The van der Waals surface area contributed by atoms with Crippen LogP contribution in [0.3, 0.4) is 0 Å². The lowest BCUT2D eigenvalue weighted by atomic mass is 9.68. The van der Waals surface area contributed by atoms with Gasteiger partial charge in [-0.2, -0.15) is 0 Å². The smallest absolute Gasteiger partial charge is 0.208 e. The summed E-state index contributed by atoms with van der Waals surface area (Å²) in [4.78, 5) is 12.2. The van der Waals surface area contributed by atoms with E-state index < -0.39 is 5.79 Å². The summed E-state index contributed by atoms with van der Waals surface area (Å²) in [6.07, 6.45) is 4.69. The van der Waals surface area contributed by atoms with Crippen LogP contribution in [0.4, 0.5) is 0 Å². The van der Waals surface area contributed by atoms with Crippen LogP contribution in [-0.2, 0) is 9.53 Å². The summed E-state index contributed by atoms with van der Waals surface area (Å²) < 4.78 is 5.77. The predicted molar refractivity (Wildman–Crippen MR) is 63.0 cm³/mol. The third kappa shape index (κ3) is 1.81. The van der Waals surface area contributed by atoms with Crippen LogP contribution in [0, 0.1) is 11.3 Å². The second-order valence-corrected chi connectivity index (χ2v) is 6.62. The average Bonchev–Trinajstić information content (AvgIpc) is 2.12. The van der Waals surface area contributed by atoms with Crippen LogP contribution in [0.15, 0.2) is 11.3 Å². The van der Waals surface area contributed by atoms with Crippen LogP contribution in [0.2, 0.25) is 0 Å². The molecule has 3 aliphatic rings. The van der Waals surface area contributed by atoms with E-state index in [1.54, 1.807) is 0 Å². The van der Waals surface area contributed by atoms with E-state index in [2.05, 4.69) is 13.8 Å². The fourth-order valence-corrected chi connectivity index (χ4v) is 3.61. The first-order valence-corrected chi connectivity index (χ1v) is 6.56. The van der Waals surface area contributed by atoms with E-state index in [4.69, 9.17) is 4.74 Å². The number of ketones is 1. The minimum atomic E-state index is -0.991. The first kappa shape index (κ1) is 11.3. The molecule has 0 aromatic carbocycles. The van der Waals surface area contributed by atoms with E-state index >= 15 is 0 Å². The Hall–Kier alpha value is -0.830. The Bertz CT molecular complexity index is 408. The number of fused-ring (bicyclic) bond motifs is 3. The quantitative estimate of drug-likeness (QED) is 0.703. The topological polar surface area (TPSA) is 46.5 Å². The highest BCUT2D eigenvalue weighted by Crippen LogP contribution is 2.50. The summed E-state index contributed by atoms with van der Waals surface area (Å²) in [7, 11) is 0. The summed E-state index contributed by atoms with van der Waals surface area (Å²) >= 11 is 0. The molecule has 3 nitrogen and oxygen atoms in total. The maximum atomic E-state index is 12.2. The van der Waals surface area contributed by atoms with Crippen LogP contribution in [-0.4, -0.2) is 16.7 Å². The Morgan fingerprint density at radius 1 is 1.35 bits per heavy atom. The van der Waals surface area contributed by atoms with Crippen molar-refractivity contribution in [3.8, 4) is 0 Å². The lowest BCUT2D eigenvalue weighted by Gasteiger charge is -2.46. The van der Waals surface area contributed by atoms with E-state index in [1.807, 2.05) is 0 Å². The largest absolute Gasteiger partial charge is 0.466 e. The molecule has 0 aromatic rings. The van der Waals surface area contributed by atoms with Crippen molar-refractivity contribution in [1.29, 1.82) is 0 Å². The third-order valence-corrected chi connectivity index (χ3v) is 4.29. The lowest BCUT2D eigenvalue weighted by molar-refractivity contribution is -0.218. The Labute approximate surface area is 102 Å². The standard InChI is InChI=1S/C14H20O3/c1-13(2)7-10(15)12-9-4-3-5-14(16,6-9)17-11(12)8-13/h9,16H,3-8H2,1-2H3/t9-,14-/m0/s1. The van der Waals surface area contributed by atoms with Gasteiger partial charge in [0.2, 0.25) is 5.79 Å². The molecule has 1 aliphatic heterocycles. The molecule has 94 valence electrons. The SMILES string of the molecule is CC1(C)CC(=O)C2=C(C1)O[C@@]1(O)CCC[C@H]2C1. The normalized spacial score (nSPS) is 39.7. The molecule has 0 aromatic heterocycles. The van der Waals surface area contributed by atoms with Gasteiger partial charge in [0, 0.05) is 31.3 Å². The van der Waals surface area contributed by atoms with E-state index in [1.165, 1.54) is 0 Å². The number of rotatable bonds is 0. The van der Waals surface area contributed by atoms with Crippen LogP contribution in [0.1, 0.15) is 52.4 Å². The van der Waals surface area contributed by atoms with Crippen LogP contribution in [0.25, 0.3) is 0 Å². The molecule has 1 N–H and O–H groups in total. The van der Waals surface area contributed by atoms with Crippen LogP contribution >= 0.6 is 0 Å². The third-order valence-electron chi connectivity index (χ3n) is 4.29. The van der Waals surface area contributed by atoms with Gasteiger partial charge >= 0.3 is 0 Å². The molecule has 2 atom stereocenters. The van der Waals surface area contributed by atoms with Gasteiger partial charge in [-0.25, -0.2) is 0 Å². The van der Waals surface area contributed by atoms with Crippen LogP contribution < -0.4 is 0 Å². The highest BCUT2D eigenvalue weighted by Gasteiger charge is 2.48. The summed E-state index contributed by atoms with van der Waals surface area (Å²) in [5.41, 5.74) is 0.867. The van der Waals surface area contributed by atoms with Crippen molar-refractivity contribution >= 4 is 5.78 Å². The number of Topliss-reactive ketones (excluding diaryl/α,β-unsaturated/α-hetero) is 1. The first-order chi connectivity index (χ1) is 7.89. The fraction of sp³-hybridized carbons (Fsp3) is 0.786. The van der Waals surface area contributed by atoms with Crippen molar-refractivity contribution in [2.24, 2.45) is 11.3 Å². The predicted octanol–water partition coefficient (Wildman–Crippen LogP) is 2.54. The summed E-state index contributed by atoms with van der Waals surface area (Å²) in [5, 5.41) is 10.3. The van der Waals surface area contributed by atoms with Gasteiger partial charge in [0.25, 0.3) is 0 Å². The molecule has 0 amide bonds. The summed E-state index contributed by atoms with van der Waals surface area (Å²) in [6.45, 7) is 4.18. The number of hydrogen-bond donors (Lipinski definition) is 1. The van der Waals surface area contributed by atoms with E-state index in [-0.39, 0.29) is 17.1 Å². The highest BCUT2D eigenvalue weighted by molar-refractivity contribution is 5.97. The molecule has 3 heteroatoms. The zero-order valence-electron chi connectivity index (χ0n) is 10.6. The van der Waals surface area contributed by atoms with E-state index in [0.29, 0.717) is 19.3 Å². The number of aliphatic hydroxyl groups is 1. The molecule has 0 spiro atoms. The maximum absolute atomic E-state index is 12.2. The monoisotopic (exact) mass is 236 g/mol. The van der Waals surface area contributed by atoms with Gasteiger partial charge in [-0.05, 0) is 24.2 Å². The lowest BCUT2D eigenvalue weighted by Crippen LogP contribution is -2.46. The molecule has 2 bridgehead atoms. The Morgan fingerprint density at radius 3 is 2.88 bits per heavy atom. The van der Waals surface area contributed by atoms with Crippen molar-refractivity contribution in [2.75, 3.05) is 0 Å². The van der Waals surface area contributed by atoms with Gasteiger partial charge < -0.3 is 9.84 Å². The molecular weight excluding hydrogens is 216 g/mol. The minimum Gasteiger partial charge on any atom is -0.466 e. The van der Waals surface area contributed by atoms with Crippen molar-refractivity contribution in [3.05, 3.63) is 11.3 Å². The van der Waals surface area contributed by atoms with E-state index in [9.17, 15) is 9.90 Å². The zero-order valence-corrected chi connectivity index (χ0v) is 10.6. The van der Waals surface area contributed by atoms with Crippen molar-refractivity contribution in [3.63, 3.8) is 0 Å². The van der Waals surface area contributed by atoms with Gasteiger partial charge in [-0.1, -0.05) is 13.8 Å². The molecule has 0 unspecified atom stereocenters. The number of carbonyl (C=O) groups is 1. The molecule has 1 heterocycles. The molecule has 17 heavy (non-hydrogen) atoms. The minimum absolute atomic E-state index is 0.0298. The van der Waals surface area contributed by atoms with Gasteiger partial charge in [0.15, 0.2) is 5.78 Å². The molecule has 3 rings (SSSR count). The molecule has 0 saturated heterocycles. The second kappa shape index (κ2) is 3.35. The number of carbonyl (C=O) groups excluding carboxylic acids is 1. The Kier molecular flexibility index (Phi) is 2.22. The maximum Gasteiger partial charge on any atom is 0.208 e. The fourth-order valence-electron chi connectivity index (χ4n) is 3.61. The molecule has 1 saturated carbocycles. The highest BCUT2D eigenvalue weighted by atomic mass is 16.6. The molecule has 0 radical (unpaired) electrons. The molecular formula is C14H20O3.